The molecule has 4 nitrogen and oxygen atoms in total. The van der Waals surface area contributed by atoms with Crippen molar-refractivity contribution in [2.24, 2.45) is 16.8 Å². The van der Waals surface area contributed by atoms with Crippen LogP contribution in [0.5, 0.6) is 0 Å². The minimum absolute atomic E-state index is 0.340. The van der Waals surface area contributed by atoms with Gasteiger partial charge in [0.2, 0.25) is 0 Å². The van der Waals surface area contributed by atoms with Crippen LogP contribution in [0.15, 0.2) is 5.10 Å². The fourth-order valence-electron chi connectivity index (χ4n) is 0.272. The Bertz CT molecular complexity index is 151. The Labute approximate surface area is 60.5 Å². The molecule has 3 N–H and O–H groups in total. The van der Waals surface area contributed by atoms with Crippen LogP contribution in [0.2, 0.25) is 0 Å². The highest BCUT2D eigenvalue weighted by Crippen LogP contribution is 1.93. The molecule has 58 valence electrons. The van der Waals surface area contributed by atoms with E-state index >= 15 is 0 Å². The predicted octanol–water partition coefficient (Wildman–Crippen LogP) is 0.687. The van der Waals surface area contributed by atoms with Crippen molar-refractivity contribution in [2.75, 3.05) is 0 Å². The zero-order chi connectivity index (χ0) is 8.15. The number of hydrazone groups is 1. The fraction of sp³-hybridized carbons (Fsp3) is 0.667. The highest BCUT2D eigenvalue weighted by molar-refractivity contribution is 5.85. The average Bonchev–Trinajstić information content (AvgIpc) is 1.82. The summed E-state index contributed by atoms with van der Waals surface area (Å²) in [5.74, 6) is 0.340. The minimum atomic E-state index is -0.625. The molecule has 2 amide bonds. The van der Waals surface area contributed by atoms with Crippen LogP contribution in [0, 0.1) is 5.92 Å². The molecule has 0 atom stereocenters. The molecule has 0 aromatic heterocycles. The molecule has 0 bridgehead atoms. The van der Waals surface area contributed by atoms with Gasteiger partial charge in [-0.15, -0.1) is 0 Å². The largest absolute Gasteiger partial charge is 0.350 e. The molecule has 0 spiro atoms. The van der Waals surface area contributed by atoms with E-state index in [-0.39, 0.29) is 0 Å². The van der Waals surface area contributed by atoms with Crippen molar-refractivity contribution in [3.05, 3.63) is 0 Å². The summed E-state index contributed by atoms with van der Waals surface area (Å²) in [6.07, 6.45) is 0. The fourth-order valence-corrected chi connectivity index (χ4v) is 0.272. The van der Waals surface area contributed by atoms with Gasteiger partial charge in [0, 0.05) is 5.71 Å². The maximum absolute atomic E-state index is 10.1. The molecule has 0 saturated carbocycles. The zero-order valence-electron chi connectivity index (χ0n) is 6.51. The summed E-state index contributed by atoms with van der Waals surface area (Å²) < 4.78 is 0. The smallest absolute Gasteiger partial charge is 0.332 e. The Morgan fingerprint density at radius 2 is 2.10 bits per heavy atom. The number of nitrogens with zero attached hydrogens (tertiary/aromatic N) is 1. The molecular formula is C6H13N3O. The van der Waals surface area contributed by atoms with Gasteiger partial charge in [0.15, 0.2) is 0 Å². The third-order valence-corrected chi connectivity index (χ3v) is 1.18. The number of carbonyl (C=O) groups is 1. The van der Waals surface area contributed by atoms with Crippen molar-refractivity contribution in [1.29, 1.82) is 0 Å². The molecule has 0 aliphatic carbocycles. The van der Waals surface area contributed by atoms with Gasteiger partial charge >= 0.3 is 6.03 Å². The van der Waals surface area contributed by atoms with E-state index in [1.807, 2.05) is 20.8 Å². The SMILES string of the molecule is C/C(=N/NC(N)=O)C(C)C. The second-order valence-electron chi connectivity index (χ2n) is 2.38. The first-order valence-corrected chi connectivity index (χ1v) is 3.13. The summed E-state index contributed by atoms with van der Waals surface area (Å²) in [5, 5.41) is 3.72. The molecule has 0 fully saturated rings. The van der Waals surface area contributed by atoms with Crippen LogP contribution in [0.3, 0.4) is 0 Å². The number of nitrogens with two attached hydrogens (primary N) is 1. The first kappa shape index (κ1) is 8.94. The number of hydrogen-bond donors (Lipinski definition) is 2. The van der Waals surface area contributed by atoms with E-state index in [2.05, 4.69) is 10.5 Å². The van der Waals surface area contributed by atoms with Crippen molar-refractivity contribution in [3.8, 4) is 0 Å². The molecule has 0 radical (unpaired) electrons. The van der Waals surface area contributed by atoms with E-state index in [0.29, 0.717) is 5.92 Å². The third-order valence-electron chi connectivity index (χ3n) is 1.18. The standard InChI is InChI=1S/C6H13N3O/c1-4(2)5(3)8-9-6(7)10/h4H,1-3H3,(H3,7,9,10)/b8-5-. The number of hydrogen-bond acceptors (Lipinski definition) is 2. The summed E-state index contributed by atoms with van der Waals surface area (Å²) in [4.78, 5) is 10.1. The van der Waals surface area contributed by atoms with Crippen LogP contribution >= 0.6 is 0 Å². The minimum Gasteiger partial charge on any atom is -0.350 e. The van der Waals surface area contributed by atoms with E-state index < -0.39 is 6.03 Å². The van der Waals surface area contributed by atoms with E-state index in [0.717, 1.165) is 5.71 Å². The van der Waals surface area contributed by atoms with Crippen LogP contribution in [0.4, 0.5) is 4.79 Å². The van der Waals surface area contributed by atoms with Crippen molar-refractivity contribution in [3.63, 3.8) is 0 Å². The second-order valence-corrected chi connectivity index (χ2v) is 2.38. The lowest BCUT2D eigenvalue weighted by Gasteiger charge is -2.01. The Hall–Kier alpha value is -1.06. The van der Waals surface area contributed by atoms with Gasteiger partial charge in [-0.3, -0.25) is 0 Å². The van der Waals surface area contributed by atoms with Crippen LogP contribution in [0.1, 0.15) is 20.8 Å². The molecule has 0 rings (SSSR count). The summed E-state index contributed by atoms with van der Waals surface area (Å²) in [7, 11) is 0. The predicted molar refractivity (Wildman–Crippen MR) is 40.7 cm³/mol. The molecular weight excluding hydrogens is 130 g/mol. The van der Waals surface area contributed by atoms with Gasteiger partial charge in [0.05, 0.1) is 0 Å². The normalized spacial score (nSPS) is 11.8. The summed E-state index contributed by atoms with van der Waals surface area (Å²) in [6, 6.07) is -0.625. The second kappa shape index (κ2) is 3.87. The van der Waals surface area contributed by atoms with Crippen LogP contribution in [-0.2, 0) is 0 Å². The highest BCUT2D eigenvalue weighted by atomic mass is 16.2. The molecule has 0 unspecified atom stereocenters. The lowest BCUT2D eigenvalue weighted by atomic mass is 10.1. The van der Waals surface area contributed by atoms with Crippen molar-refractivity contribution < 1.29 is 4.79 Å². The molecule has 0 heterocycles. The maximum atomic E-state index is 10.1. The maximum Gasteiger partial charge on any atom is 0.332 e. The average molecular weight is 143 g/mol. The van der Waals surface area contributed by atoms with E-state index in [1.54, 1.807) is 0 Å². The van der Waals surface area contributed by atoms with Crippen LogP contribution in [0.25, 0.3) is 0 Å². The van der Waals surface area contributed by atoms with E-state index in [4.69, 9.17) is 5.73 Å². The Morgan fingerprint density at radius 3 is 2.40 bits per heavy atom. The Kier molecular flexibility index (Phi) is 3.46. The number of nitrogens with one attached hydrogen (secondary N) is 1. The first-order chi connectivity index (χ1) is 4.54. The van der Waals surface area contributed by atoms with Crippen molar-refractivity contribution in [1.82, 2.24) is 5.43 Å². The summed E-state index contributed by atoms with van der Waals surface area (Å²) >= 11 is 0. The molecule has 0 aliphatic rings. The molecule has 0 saturated heterocycles. The quantitative estimate of drug-likeness (QED) is 0.433. The van der Waals surface area contributed by atoms with E-state index in [9.17, 15) is 4.79 Å². The number of urea groups is 1. The zero-order valence-corrected chi connectivity index (χ0v) is 6.51. The topological polar surface area (TPSA) is 67.5 Å². The van der Waals surface area contributed by atoms with Crippen molar-refractivity contribution in [2.45, 2.75) is 20.8 Å². The summed E-state index contributed by atoms with van der Waals surface area (Å²) in [6.45, 7) is 5.81. The van der Waals surface area contributed by atoms with Gasteiger partial charge in [-0.05, 0) is 12.8 Å². The number of primary amides is 1. The van der Waals surface area contributed by atoms with Crippen LogP contribution < -0.4 is 11.2 Å². The molecule has 0 aliphatic heterocycles. The van der Waals surface area contributed by atoms with Crippen LogP contribution in [-0.4, -0.2) is 11.7 Å². The Balaban J connectivity index is 3.80. The number of amides is 2. The first-order valence-electron chi connectivity index (χ1n) is 3.13. The molecule has 0 aromatic rings. The number of rotatable bonds is 2. The van der Waals surface area contributed by atoms with E-state index in [1.165, 1.54) is 0 Å². The Morgan fingerprint density at radius 1 is 1.60 bits per heavy atom. The molecule has 0 aromatic carbocycles. The van der Waals surface area contributed by atoms with Gasteiger partial charge in [0.1, 0.15) is 0 Å². The third kappa shape index (κ3) is 3.88. The highest BCUT2D eigenvalue weighted by Gasteiger charge is 1.96. The molecule has 10 heavy (non-hydrogen) atoms. The summed E-state index contributed by atoms with van der Waals surface area (Å²) in [5.41, 5.74) is 7.80. The number of carbonyl (C=O) groups excluding carboxylic acids is 1. The monoisotopic (exact) mass is 143 g/mol. The lowest BCUT2D eigenvalue weighted by molar-refractivity contribution is 0.249. The van der Waals surface area contributed by atoms with Gasteiger partial charge in [-0.25, -0.2) is 10.2 Å². The lowest BCUT2D eigenvalue weighted by Crippen LogP contribution is -2.26. The van der Waals surface area contributed by atoms with Gasteiger partial charge in [0.25, 0.3) is 0 Å². The van der Waals surface area contributed by atoms with Gasteiger partial charge in [-0.2, -0.15) is 5.10 Å². The van der Waals surface area contributed by atoms with Gasteiger partial charge < -0.3 is 5.73 Å². The van der Waals surface area contributed by atoms with Gasteiger partial charge in [-0.1, -0.05) is 13.8 Å². The van der Waals surface area contributed by atoms with Crippen molar-refractivity contribution >= 4 is 11.7 Å². The molecule has 4 heteroatoms.